The van der Waals surface area contributed by atoms with Crippen LogP contribution in [0.2, 0.25) is 0 Å². The van der Waals surface area contributed by atoms with E-state index < -0.39 is 6.04 Å². The molecule has 1 unspecified atom stereocenters. The van der Waals surface area contributed by atoms with Gasteiger partial charge in [0.15, 0.2) is 11.5 Å². The Morgan fingerprint density at radius 2 is 2.40 bits per heavy atom. The lowest BCUT2D eigenvalue weighted by molar-refractivity contribution is -0.125. The van der Waals surface area contributed by atoms with Gasteiger partial charge in [0.25, 0.3) is 0 Å². The molecule has 1 atom stereocenters. The third-order valence-corrected chi connectivity index (χ3v) is 3.34. The van der Waals surface area contributed by atoms with Crippen molar-refractivity contribution in [3.63, 3.8) is 0 Å². The molecule has 104 valence electrons. The van der Waals surface area contributed by atoms with Crippen LogP contribution in [0.15, 0.2) is 22.6 Å². The molecule has 3 rings (SSSR count). The second-order valence-electron chi connectivity index (χ2n) is 4.91. The van der Waals surface area contributed by atoms with Crippen LogP contribution in [0.1, 0.15) is 24.3 Å². The Bertz CT molecular complexity index is 677. The Labute approximate surface area is 115 Å². The predicted molar refractivity (Wildman–Crippen MR) is 71.8 cm³/mol. The maximum atomic E-state index is 11.9. The van der Waals surface area contributed by atoms with Crippen LogP contribution in [-0.2, 0) is 16.1 Å². The standard InChI is InChI=1S/C14H15N3O3/c1-8-16-11-6-9(2-4-12(11)20-8)7-15-14(19)10-3-5-13(18)17-10/h2,4,6,10H,3,5,7H2,1H3,(H,15,19)(H,17,18). The molecule has 1 aliphatic rings. The van der Waals surface area contributed by atoms with Crippen molar-refractivity contribution in [2.45, 2.75) is 32.4 Å². The van der Waals surface area contributed by atoms with E-state index in [1.807, 2.05) is 18.2 Å². The van der Waals surface area contributed by atoms with Crippen molar-refractivity contribution in [2.75, 3.05) is 0 Å². The number of hydrogen-bond acceptors (Lipinski definition) is 4. The molecule has 2 amide bonds. The number of benzene rings is 1. The van der Waals surface area contributed by atoms with Gasteiger partial charge >= 0.3 is 0 Å². The second-order valence-corrected chi connectivity index (χ2v) is 4.91. The molecule has 1 aromatic carbocycles. The summed E-state index contributed by atoms with van der Waals surface area (Å²) in [6, 6.07) is 5.22. The van der Waals surface area contributed by atoms with Crippen molar-refractivity contribution >= 4 is 22.9 Å². The molecule has 1 aromatic heterocycles. The van der Waals surface area contributed by atoms with E-state index >= 15 is 0 Å². The number of carbonyl (C=O) groups excluding carboxylic acids is 2. The fourth-order valence-electron chi connectivity index (χ4n) is 2.32. The number of nitrogens with one attached hydrogen (secondary N) is 2. The minimum absolute atomic E-state index is 0.0651. The summed E-state index contributed by atoms with van der Waals surface area (Å²) in [5, 5.41) is 5.47. The van der Waals surface area contributed by atoms with Crippen LogP contribution in [0.3, 0.4) is 0 Å². The molecule has 6 heteroatoms. The minimum Gasteiger partial charge on any atom is -0.441 e. The Balaban J connectivity index is 1.64. The zero-order valence-electron chi connectivity index (χ0n) is 11.1. The number of hydrogen-bond donors (Lipinski definition) is 2. The summed E-state index contributed by atoms with van der Waals surface area (Å²) in [6.45, 7) is 2.21. The SMILES string of the molecule is Cc1nc2cc(CNC(=O)C3CCC(=O)N3)ccc2o1. The third-order valence-electron chi connectivity index (χ3n) is 3.34. The lowest BCUT2D eigenvalue weighted by Crippen LogP contribution is -2.41. The summed E-state index contributed by atoms with van der Waals surface area (Å²) < 4.78 is 5.40. The summed E-state index contributed by atoms with van der Waals surface area (Å²) in [5.74, 6) is 0.409. The van der Waals surface area contributed by atoms with Gasteiger partial charge in [-0.2, -0.15) is 0 Å². The number of oxazole rings is 1. The molecule has 0 radical (unpaired) electrons. The molecule has 2 N–H and O–H groups in total. The maximum Gasteiger partial charge on any atom is 0.242 e. The third kappa shape index (κ3) is 2.49. The second kappa shape index (κ2) is 4.96. The van der Waals surface area contributed by atoms with Crippen LogP contribution in [0.5, 0.6) is 0 Å². The average Bonchev–Trinajstić information content (AvgIpc) is 3.00. The van der Waals surface area contributed by atoms with Crippen LogP contribution < -0.4 is 10.6 Å². The molecule has 1 saturated heterocycles. The van der Waals surface area contributed by atoms with Crippen LogP contribution in [0, 0.1) is 6.92 Å². The number of nitrogens with zero attached hydrogens (tertiary/aromatic N) is 1. The average molecular weight is 273 g/mol. The Kier molecular flexibility index (Phi) is 3.14. The van der Waals surface area contributed by atoms with Gasteiger partial charge in [0.1, 0.15) is 11.6 Å². The van der Waals surface area contributed by atoms with Gasteiger partial charge in [-0.25, -0.2) is 4.98 Å². The van der Waals surface area contributed by atoms with Gasteiger partial charge < -0.3 is 15.1 Å². The van der Waals surface area contributed by atoms with Gasteiger partial charge in [-0.15, -0.1) is 0 Å². The van der Waals surface area contributed by atoms with Crippen molar-refractivity contribution in [1.29, 1.82) is 0 Å². The number of fused-ring (bicyclic) bond motifs is 1. The summed E-state index contributed by atoms with van der Waals surface area (Å²) in [4.78, 5) is 27.2. The monoisotopic (exact) mass is 273 g/mol. The van der Waals surface area contributed by atoms with Gasteiger partial charge in [-0.1, -0.05) is 6.07 Å². The zero-order valence-corrected chi connectivity index (χ0v) is 11.1. The van der Waals surface area contributed by atoms with E-state index in [0.717, 1.165) is 16.7 Å². The van der Waals surface area contributed by atoms with Crippen LogP contribution in [0.4, 0.5) is 0 Å². The quantitative estimate of drug-likeness (QED) is 0.874. The highest BCUT2D eigenvalue weighted by atomic mass is 16.3. The topological polar surface area (TPSA) is 84.2 Å². The van der Waals surface area contributed by atoms with Crippen molar-refractivity contribution in [3.05, 3.63) is 29.7 Å². The van der Waals surface area contributed by atoms with Gasteiger partial charge in [0.05, 0.1) is 0 Å². The molecule has 1 aliphatic heterocycles. The highest BCUT2D eigenvalue weighted by Gasteiger charge is 2.26. The molecule has 0 spiro atoms. The number of amides is 2. The van der Waals surface area contributed by atoms with Gasteiger partial charge in [0, 0.05) is 19.9 Å². The van der Waals surface area contributed by atoms with E-state index in [9.17, 15) is 9.59 Å². The number of aryl methyl sites for hydroxylation is 1. The van der Waals surface area contributed by atoms with E-state index in [2.05, 4.69) is 15.6 Å². The highest BCUT2D eigenvalue weighted by molar-refractivity contribution is 5.90. The van der Waals surface area contributed by atoms with E-state index in [-0.39, 0.29) is 11.8 Å². The number of aromatic nitrogens is 1. The number of rotatable bonds is 3. The summed E-state index contributed by atoms with van der Waals surface area (Å²) >= 11 is 0. The Hall–Kier alpha value is -2.37. The van der Waals surface area contributed by atoms with Crippen molar-refractivity contribution < 1.29 is 14.0 Å². The minimum atomic E-state index is -0.402. The molecule has 0 aliphatic carbocycles. The van der Waals surface area contributed by atoms with Gasteiger partial charge in [-0.05, 0) is 24.1 Å². The van der Waals surface area contributed by atoms with Crippen LogP contribution in [0.25, 0.3) is 11.1 Å². The van der Waals surface area contributed by atoms with E-state index in [0.29, 0.717) is 25.3 Å². The van der Waals surface area contributed by atoms with Gasteiger partial charge in [-0.3, -0.25) is 9.59 Å². The van der Waals surface area contributed by atoms with Crippen molar-refractivity contribution in [2.24, 2.45) is 0 Å². The molecule has 2 aromatic rings. The lowest BCUT2D eigenvalue weighted by Gasteiger charge is -2.10. The Morgan fingerprint density at radius 1 is 1.55 bits per heavy atom. The Morgan fingerprint density at radius 3 is 3.15 bits per heavy atom. The first-order chi connectivity index (χ1) is 9.61. The molecule has 2 heterocycles. The highest BCUT2D eigenvalue weighted by Crippen LogP contribution is 2.16. The normalized spacial score (nSPS) is 18.2. The molecule has 6 nitrogen and oxygen atoms in total. The fraction of sp³-hybridized carbons (Fsp3) is 0.357. The summed E-state index contributed by atoms with van der Waals surface area (Å²) in [7, 11) is 0. The van der Waals surface area contributed by atoms with Crippen LogP contribution >= 0.6 is 0 Å². The molecule has 1 fully saturated rings. The molecular weight excluding hydrogens is 258 g/mol. The predicted octanol–water partition coefficient (Wildman–Crippen LogP) is 1.03. The zero-order chi connectivity index (χ0) is 14.1. The van der Waals surface area contributed by atoms with Crippen molar-refractivity contribution in [1.82, 2.24) is 15.6 Å². The molecule has 0 saturated carbocycles. The first kappa shape index (κ1) is 12.7. The van der Waals surface area contributed by atoms with E-state index in [1.54, 1.807) is 6.92 Å². The largest absolute Gasteiger partial charge is 0.441 e. The van der Waals surface area contributed by atoms with Gasteiger partial charge in [0.2, 0.25) is 11.8 Å². The number of carbonyl (C=O) groups is 2. The fourth-order valence-corrected chi connectivity index (χ4v) is 2.32. The van der Waals surface area contributed by atoms with Crippen LogP contribution in [-0.4, -0.2) is 22.8 Å². The molecular formula is C14H15N3O3. The smallest absolute Gasteiger partial charge is 0.242 e. The molecule has 0 bridgehead atoms. The first-order valence-corrected chi connectivity index (χ1v) is 6.55. The molecule has 20 heavy (non-hydrogen) atoms. The maximum absolute atomic E-state index is 11.9. The van der Waals surface area contributed by atoms with E-state index in [1.165, 1.54) is 0 Å². The summed E-state index contributed by atoms with van der Waals surface area (Å²) in [6.07, 6.45) is 0.981. The summed E-state index contributed by atoms with van der Waals surface area (Å²) in [5.41, 5.74) is 2.47. The van der Waals surface area contributed by atoms with Crippen molar-refractivity contribution in [3.8, 4) is 0 Å². The first-order valence-electron chi connectivity index (χ1n) is 6.55. The van der Waals surface area contributed by atoms with E-state index in [4.69, 9.17) is 4.42 Å². The lowest BCUT2D eigenvalue weighted by atomic mass is 10.2.